The summed E-state index contributed by atoms with van der Waals surface area (Å²) in [5.41, 5.74) is 8.56. The molecule has 3 aromatic rings. The molecule has 53 heavy (non-hydrogen) atoms. The first kappa shape index (κ1) is 37.4. The summed E-state index contributed by atoms with van der Waals surface area (Å²) in [7, 11) is 0. The van der Waals surface area contributed by atoms with Crippen LogP contribution >= 0.6 is 0 Å². The van der Waals surface area contributed by atoms with Gasteiger partial charge in [0.1, 0.15) is 25.2 Å². The van der Waals surface area contributed by atoms with Gasteiger partial charge in [0, 0.05) is 31.2 Å². The van der Waals surface area contributed by atoms with Crippen LogP contribution in [0.25, 0.3) is 0 Å². The summed E-state index contributed by atoms with van der Waals surface area (Å²) in [4.78, 5) is 26.7. The molecule has 4 aliphatic rings. The summed E-state index contributed by atoms with van der Waals surface area (Å²) in [6.07, 6.45) is 16.0. The first-order valence-electron chi connectivity index (χ1n) is 20.4. The van der Waals surface area contributed by atoms with Crippen LogP contribution in [0.2, 0.25) is 0 Å². The maximum atomic E-state index is 14.7. The minimum atomic E-state index is -0.701. The molecule has 2 heterocycles. The molecule has 1 amide bonds. The minimum Gasteiger partial charge on any atom is -0.485 e. The number of unbranched alkanes of at least 4 members (excludes halogenated alkanes) is 5. The number of hydrogen-bond donors (Lipinski definition) is 2. The van der Waals surface area contributed by atoms with Gasteiger partial charge in [0.2, 0.25) is 0 Å². The Morgan fingerprint density at radius 3 is 2.36 bits per heavy atom. The highest BCUT2D eigenvalue weighted by Crippen LogP contribution is 2.64. The third-order valence-corrected chi connectivity index (χ3v) is 13.1. The smallest absolute Gasteiger partial charge is 0.308 e. The standard InChI is InChI=1S/C46H58N2O5/c1-3-30-48(31-29-46-38-22-16-24-42(46)53-44-41(52-33(2)49)28-26-36(43(44)46)32-39(38)48)47-45(51)37(27-25-35-20-13-9-14-21-35)40(50)23-15-7-5-4-6-10-17-34-18-11-8-12-19-34/h3,8-9,11-14,18-21,26,28,37-40,42,50H,1,4-7,10,15-17,22-25,27,29-32H2,2H3/p+1/t37?,38-,39+,40?,42-,46+,48?/m0/s1. The zero-order chi connectivity index (χ0) is 36.8. The summed E-state index contributed by atoms with van der Waals surface area (Å²) in [6, 6.07) is 25.2. The maximum absolute atomic E-state index is 14.7. The van der Waals surface area contributed by atoms with Crippen LogP contribution in [0.4, 0.5) is 0 Å². The van der Waals surface area contributed by atoms with Gasteiger partial charge in [-0.1, -0.05) is 105 Å². The quantitative estimate of drug-likeness (QED) is 0.0454. The van der Waals surface area contributed by atoms with E-state index in [1.807, 2.05) is 30.3 Å². The van der Waals surface area contributed by atoms with Crippen molar-refractivity contribution in [2.24, 2.45) is 11.8 Å². The molecule has 3 aromatic carbocycles. The number of quaternary nitrogens is 1. The van der Waals surface area contributed by atoms with E-state index in [1.54, 1.807) is 0 Å². The number of aliphatic hydroxyl groups excluding tert-OH is 1. The summed E-state index contributed by atoms with van der Waals surface area (Å²) in [5.74, 6) is 0.725. The Balaban J connectivity index is 1.05. The normalized spacial score (nSPS) is 26.1. The fraction of sp³-hybridized carbons (Fsp3) is 0.522. The largest absolute Gasteiger partial charge is 0.485 e. The lowest BCUT2D eigenvalue weighted by molar-refractivity contribution is -0.989. The Bertz CT molecular complexity index is 1730. The van der Waals surface area contributed by atoms with E-state index in [9.17, 15) is 14.7 Å². The number of esters is 1. The second-order valence-corrected chi connectivity index (χ2v) is 16.3. The molecule has 2 fully saturated rings. The van der Waals surface area contributed by atoms with Crippen molar-refractivity contribution in [2.75, 3.05) is 13.1 Å². The maximum Gasteiger partial charge on any atom is 0.308 e. The van der Waals surface area contributed by atoms with Crippen LogP contribution in [-0.2, 0) is 34.3 Å². The zero-order valence-electron chi connectivity index (χ0n) is 31.6. The van der Waals surface area contributed by atoms with Gasteiger partial charge in [0.05, 0.1) is 17.4 Å². The number of aliphatic hydroxyl groups is 1. The molecule has 7 atom stereocenters. The SMILES string of the molecule is C=CC[N+]1(NC(=O)C(CCc2ccccc2)C(O)CCCCCCCCc2ccccc2)CC[C@]23c4c5ccc(OC(C)=O)c4O[C@H]2CCC[C@H]3[C@H]1C5. The van der Waals surface area contributed by atoms with Crippen molar-refractivity contribution in [3.63, 3.8) is 0 Å². The van der Waals surface area contributed by atoms with Crippen molar-refractivity contribution < 1.29 is 28.8 Å². The first-order chi connectivity index (χ1) is 25.8. The number of rotatable bonds is 18. The summed E-state index contributed by atoms with van der Waals surface area (Å²) >= 11 is 0. The van der Waals surface area contributed by atoms with E-state index in [1.165, 1.54) is 48.4 Å². The molecule has 2 N–H and O–H groups in total. The number of piperidine rings is 1. The molecule has 2 aliphatic heterocycles. The van der Waals surface area contributed by atoms with Crippen LogP contribution < -0.4 is 14.9 Å². The van der Waals surface area contributed by atoms with Gasteiger partial charge in [-0.2, -0.15) is 0 Å². The van der Waals surface area contributed by atoms with Gasteiger partial charge in [-0.3, -0.25) is 9.59 Å². The van der Waals surface area contributed by atoms with Crippen molar-refractivity contribution in [3.8, 4) is 11.5 Å². The van der Waals surface area contributed by atoms with E-state index in [-0.39, 0.29) is 29.4 Å². The minimum absolute atomic E-state index is 0.0421. The van der Waals surface area contributed by atoms with Gasteiger partial charge in [-0.25, -0.2) is 10.0 Å². The summed E-state index contributed by atoms with van der Waals surface area (Å²) in [6.45, 7) is 7.02. The van der Waals surface area contributed by atoms with E-state index in [4.69, 9.17) is 9.47 Å². The van der Waals surface area contributed by atoms with Crippen molar-refractivity contribution in [1.82, 2.24) is 5.43 Å². The van der Waals surface area contributed by atoms with Crippen molar-refractivity contribution in [1.29, 1.82) is 0 Å². The van der Waals surface area contributed by atoms with Crippen LogP contribution in [0.15, 0.2) is 85.5 Å². The fourth-order valence-corrected chi connectivity index (χ4v) is 10.7. The molecule has 282 valence electrons. The molecule has 1 saturated heterocycles. The number of carbonyl (C=O) groups excluding carboxylic acids is 2. The highest BCUT2D eigenvalue weighted by Gasteiger charge is 2.68. The average molecular weight is 720 g/mol. The molecular weight excluding hydrogens is 661 g/mol. The van der Waals surface area contributed by atoms with Gasteiger partial charge in [0.15, 0.2) is 11.5 Å². The van der Waals surface area contributed by atoms with Crippen molar-refractivity contribution in [2.45, 2.75) is 127 Å². The number of ether oxygens (including phenoxy) is 2. The molecule has 2 bridgehead atoms. The highest BCUT2D eigenvalue weighted by molar-refractivity contribution is 5.78. The molecule has 1 saturated carbocycles. The molecule has 0 aromatic heterocycles. The fourth-order valence-electron chi connectivity index (χ4n) is 10.7. The van der Waals surface area contributed by atoms with Crippen molar-refractivity contribution >= 4 is 11.9 Å². The number of nitrogens with one attached hydrogen (secondary N) is 1. The average Bonchev–Trinajstić information content (AvgIpc) is 3.51. The molecule has 7 heteroatoms. The van der Waals surface area contributed by atoms with E-state index in [0.717, 1.165) is 76.5 Å². The number of hydrogen-bond acceptors (Lipinski definition) is 5. The Hall–Kier alpha value is -3.94. The molecular formula is C46H59N2O5+. The molecule has 1 spiro atoms. The van der Waals surface area contributed by atoms with Gasteiger partial charge in [-0.15, -0.1) is 0 Å². The second-order valence-electron chi connectivity index (χ2n) is 16.3. The molecule has 0 radical (unpaired) electrons. The lowest BCUT2D eigenvalue weighted by Crippen LogP contribution is -2.77. The number of likely N-dealkylation sites (tertiary alicyclic amines) is 1. The van der Waals surface area contributed by atoms with E-state index < -0.39 is 12.0 Å². The third kappa shape index (κ3) is 7.70. The van der Waals surface area contributed by atoms with E-state index in [0.29, 0.717) is 35.6 Å². The van der Waals surface area contributed by atoms with Crippen LogP contribution in [0, 0.1) is 11.8 Å². The molecule has 3 unspecified atom stereocenters. The number of nitrogens with zero attached hydrogens (tertiary/aromatic N) is 1. The summed E-state index contributed by atoms with van der Waals surface area (Å²) in [5, 5.41) is 11.8. The Labute approximate surface area is 316 Å². The first-order valence-corrected chi connectivity index (χ1v) is 20.4. The Kier molecular flexibility index (Phi) is 11.7. The number of aryl methyl sites for hydroxylation is 2. The second kappa shape index (κ2) is 16.6. The van der Waals surface area contributed by atoms with E-state index >= 15 is 0 Å². The van der Waals surface area contributed by atoms with Crippen LogP contribution in [0.1, 0.15) is 106 Å². The van der Waals surface area contributed by atoms with Crippen LogP contribution in [0.5, 0.6) is 11.5 Å². The number of amides is 1. The predicted octanol–water partition coefficient (Wildman–Crippen LogP) is 8.36. The van der Waals surface area contributed by atoms with Gasteiger partial charge < -0.3 is 14.6 Å². The highest BCUT2D eigenvalue weighted by atomic mass is 16.6. The Morgan fingerprint density at radius 2 is 1.64 bits per heavy atom. The summed E-state index contributed by atoms with van der Waals surface area (Å²) < 4.78 is 12.8. The van der Waals surface area contributed by atoms with E-state index in [2.05, 4.69) is 60.5 Å². The van der Waals surface area contributed by atoms with Crippen LogP contribution in [-0.4, -0.2) is 52.9 Å². The molecule has 7 nitrogen and oxygen atoms in total. The van der Waals surface area contributed by atoms with Crippen molar-refractivity contribution in [3.05, 3.63) is 108 Å². The van der Waals surface area contributed by atoms with Gasteiger partial charge in [0.25, 0.3) is 5.91 Å². The lowest BCUT2D eigenvalue weighted by atomic mass is 9.51. The number of carbonyl (C=O) groups is 2. The lowest BCUT2D eigenvalue weighted by Gasteiger charge is -2.60. The van der Waals surface area contributed by atoms with Crippen LogP contribution in [0.3, 0.4) is 0 Å². The monoisotopic (exact) mass is 719 g/mol. The van der Waals surface area contributed by atoms with Gasteiger partial charge in [-0.05, 0) is 80.2 Å². The molecule has 7 rings (SSSR count). The van der Waals surface area contributed by atoms with Gasteiger partial charge >= 0.3 is 5.97 Å². The number of benzene rings is 3. The zero-order valence-corrected chi connectivity index (χ0v) is 31.6. The third-order valence-electron chi connectivity index (χ3n) is 13.1. The Morgan fingerprint density at radius 1 is 0.943 bits per heavy atom. The topological polar surface area (TPSA) is 84.9 Å². The predicted molar refractivity (Wildman–Crippen MR) is 208 cm³/mol. The molecule has 2 aliphatic carbocycles.